The van der Waals surface area contributed by atoms with Crippen LogP contribution in [0.15, 0.2) is 18.2 Å². The Morgan fingerprint density at radius 3 is 2.70 bits per heavy atom. The number of non-ortho nitro benzene ring substituents is 1. The molecule has 0 unspecified atom stereocenters. The van der Waals surface area contributed by atoms with E-state index in [0.29, 0.717) is 6.42 Å². The Morgan fingerprint density at radius 2 is 1.96 bits per heavy atom. The second-order valence-electron chi connectivity index (χ2n) is 6.33. The molecule has 1 aromatic heterocycles. The van der Waals surface area contributed by atoms with Gasteiger partial charge in [0.1, 0.15) is 11.6 Å². The summed E-state index contributed by atoms with van der Waals surface area (Å²) in [5, 5.41) is 31.0. The third-order valence-corrected chi connectivity index (χ3v) is 4.46. The SMILES string of the molecule is O=C(O)c1cc(C(=O)NCCc2nnc3n2CCCCC3)cc([N+](=O)[O-])c1. The van der Waals surface area contributed by atoms with Crippen LogP contribution in [0.25, 0.3) is 0 Å². The molecule has 3 rings (SSSR count). The number of hydrogen-bond donors (Lipinski definition) is 2. The topological polar surface area (TPSA) is 140 Å². The van der Waals surface area contributed by atoms with Gasteiger partial charge in [0.25, 0.3) is 11.6 Å². The zero-order valence-electron chi connectivity index (χ0n) is 14.6. The average Bonchev–Trinajstić information content (AvgIpc) is 2.87. The van der Waals surface area contributed by atoms with Crippen molar-refractivity contribution in [2.24, 2.45) is 0 Å². The van der Waals surface area contributed by atoms with Crippen LogP contribution in [0.5, 0.6) is 0 Å². The van der Waals surface area contributed by atoms with Crippen LogP contribution in [0.4, 0.5) is 5.69 Å². The predicted molar refractivity (Wildman–Crippen MR) is 93.7 cm³/mol. The van der Waals surface area contributed by atoms with Crippen LogP contribution >= 0.6 is 0 Å². The molecule has 10 nitrogen and oxygen atoms in total. The molecule has 0 saturated carbocycles. The molecule has 0 saturated heterocycles. The summed E-state index contributed by atoms with van der Waals surface area (Å²) in [7, 11) is 0. The van der Waals surface area contributed by atoms with Crippen LogP contribution in [0.1, 0.15) is 51.6 Å². The first-order chi connectivity index (χ1) is 13.0. The molecule has 0 spiro atoms. The van der Waals surface area contributed by atoms with Crippen molar-refractivity contribution < 1.29 is 19.6 Å². The molecular weight excluding hydrogens is 354 g/mol. The molecule has 0 bridgehead atoms. The van der Waals surface area contributed by atoms with Gasteiger partial charge in [0.2, 0.25) is 0 Å². The van der Waals surface area contributed by atoms with Gasteiger partial charge in [0.05, 0.1) is 10.5 Å². The van der Waals surface area contributed by atoms with Crippen LogP contribution in [0.3, 0.4) is 0 Å². The number of amides is 1. The number of carboxylic acid groups (broad SMARTS) is 1. The number of fused-ring (bicyclic) bond motifs is 1. The molecule has 1 aliphatic heterocycles. The summed E-state index contributed by atoms with van der Waals surface area (Å²) >= 11 is 0. The molecule has 0 radical (unpaired) electrons. The summed E-state index contributed by atoms with van der Waals surface area (Å²) in [4.78, 5) is 33.6. The number of nitrogens with one attached hydrogen (secondary N) is 1. The number of rotatable bonds is 6. The van der Waals surface area contributed by atoms with Gasteiger partial charge in [-0.2, -0.15) is 0 Å². The maximum absolute atomic E-state index is 12.3. The van der Waals surface area contributed by atoms with E-state index in [0.717, 1.165) is 62.1 Å². The Balaban J connectivity index is 1.67. The Bertz CT molecular complexity index is 860. The lowest BCUT2D eigenvalue weighted by molar-refractivity contribution is -0.384. The number of hydrogen-bond acceptors (Lipinski definition) is 6. The smallest absolute Gasteiger partial charge is 0.335 e. The highest BCUT2D eigenvalue weighted by atomic mass is 16.6. The fourth-order valence-electron chi connectivity index (χ4n) is 3.09. The Kier molecular flexibility index (Phi) is 5.43. The number of carboxylic acids is 1. The van der Waals surface area contributed by atoms with E-state index in [-0.39, 0.29) is 17.7 Å². The van der Waals surface area contributed by atoms with E-state index in [1.807, 2.05) is 0 Å². The highest BCUT2D eigenvalue weighted by Crippen LogP contribution is 2.18. The van der Waals surface area contributed by atoms with Crippen LogP contribution in [0, 0.1) is 10.1 Å². The Morgan fingerprint density at radius 1 is 1.19 bits per heavy atom. The van der Waals surface area contributed by atoms with E-state index in [1.54, 1.807) is 0 Å². The van der Waals surface area contributed by atoms with Gasteiger partial charge >= 0.3 is 5.97 Å². The normalized spacial score (nSPS) is 13.5. The van der Waals surface area contributed by atoms with Gasteiger partial charge in [-0.15, -0.1) is 10.2 Å². The van der Waals surface area contributed by atoms with Crippen LogP contribution < -0.4 is 5.32 Å². The minimum Gasteiger partial charge on any atom is -0.478 e. The third kappa shape index (κ3) is 4.27. The van der Waals surface area contributed by atoms with Crippen molar-refractivity contribution in [3.8, 4) is 0 Å². The molecule has 0 fully saturated rings. The second-order valence-corrected chi connectivity index (χ2v) is 6.33. The highest BCUT2D eigenvalue weighted by Gasteiger charge is 2.18. The van der Waals surface area contributed by atoms with Crippen molar-refractivity contribution in [1.82, 2.24) is 20.1 Å². The molecule has 27 heavy (non-hydrogen) atoms. The number of aromatic carboxylic acids is 1. The largest absolute Gasteiger partial charge is 0.478 e. The average molecular weight is 373 g/mol. The summed E-state index contributed by atoms with van der Waals surface area (Å²) in [6.45, 7) is 1.13. The molecule has 1 amide bonds. The van der Waals surface area contributed by atoms with Gasteiger partial charge in [0, 0.05) is 43.6 Å². The number of carbonyl (C=O) groups is 2. The first kappa shape index (κ1) is 18.5. The lowest BCUT2D eigenvalue weighted by Crippen LogP contribution is -2.27. The maximum atomic E-state index is 12.3. The van der Waals surface area contributed by atoms with Crippen LogP contribution in [-0.2, 0) is 19.4 Å². The molecule has 0 aliphatic carbocycles. The van der Waals surface area contributed by atoms with Gasteiger partial charge in [-0.25, -0.2) is 4.79 Å². The number of nitro groups is 1. The van der Waals surface area contributed by atoms with Crippen molar-refractivity contribution in [3.05, 3.63) is 51.1 Å². The minimum atomic E-state index is -1.33. The molecule has 142 valence electrons. The number of aryl methyl sites for hydroxylation is 1. The van der Waals surface area contributed by atoms with E-state index in [4.69, 9.17) is 5.11 Å². The van der Waals surface area contributed by atoms with Crippen LogP contribution in [-0.4, -0.2) is 43.2 Å². The van der Waals surface area contributed by atoms with E-state index in [1.165, 1.54) is 0 Å². The van der Waals surface area contributed by atoms with E-state index < -0.39 is 22.5 Å². The summed E-state index contributed by atoms with van der Waals surface area (Å²) in [6, 6.07) is 3.10. The number of nitrogens with zero attached hydrogens (tertiary/aromatic N) is 4. The number of benzene rings is 1. The molecule has 1 aliphatic rings. The Labute approximate surface area is 154 Å². The molecule has 1 aromatic carbocycles. The summed E-state index contributed by atoms with van der Waals surface area (Å²) < 4.78 is 2.08. The minimum absolute atomic E-state index is 0.0679. The Hall–Kier alpha value is -3.30. The molecule has 0 atom stereocenters. The zero-order valence-corrected chi connectivity index (χ0v) is 14.6. The van der Waals surface area contributed by atoms with Gasteiger partial charge < -0.3 is 15.0 Å². The third-order valence-electron chi connectivity index (χ3n) is 4.46. The first-order valence-electron chi connectivity index (χ1n) is 8.67. The lowest BCUT2D eigenvalue weighted by Gasteiger charge is -2.08. The van der Waals surface area contributed by atoms with E-state index in [2.05, 4.69) is 20.1 Å². The molecule has 2 heterocycles. The quantitative estimate of drug-likeness (QED) is 0.578. The van der Waals surface area contributed by atoms with E-state index in [9.17, 15) is 19.7 Å². The van der Waals surface area contributed by atoms with Crippen LogP contribution in [0.2, 0.25) is 0 Å². The summed E-state index contributed by atoms with van der Waals surface area (Å²) in [5.74, 6) is -0.160. The zero-order chi connectivity index (χ0) is 19.4. The molecule has 2 aromatic rings. The highest BCUT2D eigenvalue weighted by molar-refractivity contribution is 5.98. The van der Waals surface area contributed by atoms with Crippen molar-refractivity contribution in [2.45, 2.75) is 38.6 Å². The van der Waals surface area contributed by atoms with Gasteiger partial charge in [-0.1, -0.05) is 6.42 Å². The van der Waals surface area contributed by atoms with Crippen molar-refractivity contribution in [1.29, 1.82) is 0 Å². The lowest BCUT2D eigenvalue weighted by atomic mass is 10.1. The van der Waals surface area contributed by atoms with Crippen molar-refractivity contribution >= 4 is 17.6 Å². The maximum Gasteiger partial charge on any atom is 0.335 e. The summed E-state index contributed by atoms with van der Waals surface area (Å²) in [6.07, 6.45) is 4.67. The van der Waals surface area contributed by atoms with Gasteiger partial charge in [-0.3, -0.25) is 14.9 Å². The van der Waals surface area contributed by atoms with Gasteiger partial charge in [0.15, 0.2) is 0 Å². The van der Waals surface area contributed by atoms with E-state index >= 15 is 0 Å². The monoisotopic (exact) mass is 373 g/mol. The second kappa shape index (κ2) is 7.94. The van der Waals surface area contributed by atoms with Crippen molar-refractivity contribution in [3.63, 3.8) is 0 Å². The van der Waals surface area contributed by atoms with Crippen molar-refractivity contribution in [2.75, 3.05) is 6.54 Å². The predicted octanol–water partition coefficient (Wildman–Crippen LogP) is 1.58. The fraction of sp³-hybridized carbons (Fsp3) is 0.412. The fourth-order valence-corrected chi connectivity index (χ4v) is 3.09. The number of carbonyl (C=O) groups excluding carboxylic acids is 1. The van der Waals surface area contributed by atoms with Gasteiger partial charge in [-0.05, 0) is 18.9 Å². The number of nitro benzene ring substituents is 1. The summed E-state index contributed by atoms with van der Waals surface area (Å²) in [5.41, 5.74) is -0.818. The molecule has 2 N–H and O–H groups in total. The first-order valence-corrected chi connectivity index (χ1v) is 8.67. The molecule has 10 heteroatoms. The standard InChI is InChI=1S/C17H19N5O5/c23-16(11-8-12(17(24)25)10-13(9-11)22(26)27)18-6-5-15-20-19-14-4-2-1-3-7-21(14)15/h8-10H,1-7H2,(H,18,23)(H,24,25). The molecular formula is C17H19N5O5. The number of aromatic nitrogens is 3.